The average molecular weight is 608 g/mol. The Morgan fingerprint density at radius 3 is 2.59 bits per heavy atom. The summed E-state index contributed by atoms with van der Waals surface area (Å²) < 4.78 is 0.867. The maximum atomic E-state index is 13.6. The Morgan fingerprint density at radius 2 is 1.97 bits per heavy atom. The fourth-order valence-corrected chi connectivity index (χ4v) is 5.02. The van der Waals surface area contributed by atoms with E-state index in [1.54, 1.807) is 6.21 Å². The van der Waals surface area contributed by atoms with E-state index in [-0.39, 0.29) is 11.8 Å². The molecule has 0 aromatic heterocycles. The molecule has 5 N–H and O–H groups in total. The summed E-state index contributed by atoms with van der Waals surface area (Å²) in [6.45, 7) is 11.4. The number of nitrogens with one attached hydrogen (secondary N) is 2. The molecular formula is C29H47BrN6O3. The first-order chi connectivity index (χ1) is 18.9. The Kier molecular flexibility index (Phi) is 15.2. The Hall–Kier alpha value is -2.40. The van der Waals surface area contributed by atoms with Gasteiger partial charge in [0.25, 0.3) is 5.91 Å². The Morgan fingerprint density at radius 1 is 1.21 bits per heavy atom. The van der Waals surface area contributed by atoms with Crippen LogP contribution in [0, 0.1) is 5.92 Å². The van der Waals surface area contributed by atoms with Crippen LogP contribution in [0.15, 0.2) is 62.6 Å². The number of carbonyl (C=O) groups is 1. The minimum absolute atomic E-state index is 0.0445. The van der Waals surface area contributed by atoms with Crippen LogP contribution in [-0.4, -0.2) is 66.1 Å². The number of hydrogen-bond acceptors (Lipinski definition) is 8. The minimum atomic E-state index is -0.455. The van der Waals surface area contributed by atoms with E-state index in [0.717, 1.165) is 55.1 Å². The normalized spacial score (nSPS) is 20.5. The largest absolute Gasteiger partial charge is 0.404 e. The average Bonchev–Trinajstić information content (AvgIpc) is 2.95. The van der Waals surface area contributed by atoms with E-state index in [0.29, 0.717) is 43.2 Å². The summed E-state index contributed by atoms with van der Waals surface area (Å²) in [6, 6.07) is -0.455. The van der Waals surface area contributed by atoms with Gasteiger partial charge in [0.2, 0.25) is 0 Å². The van der Waals surface area contributed by atoms with Gasteiger partial charge in [-0.2, -0.15) is 10.6 Å². The van der Waals surface area contributed by atoms with Gasteiger partial charge in [-0.3, -0.25) is 4.79 Å². The van der Waals surface area contributed by atoms with E-state index < -0.39 is 6.04 Å². The molecule has 0 spiro atoms. The highest BCUT2D eigenvalue weighted by atomic mass is 79.9. The molecule has 0 saturated carbocycles. The lowest BCUT2D eigenvalue weighted by atomic mass is 9.89. The standard InChI is InChI=1S/C29H47BrN6O3/c1-5-8-13-18-36(39-26(21-33-31)23-14-11-10-12-15-23)19-16-32-28-24(20-25(30)22(4)27(28)34-38)29(37)35(7-3)17-9-6-2/h10-12,14,20-22,27,32,34,38H,5-9,13,15-19,31H2,1-4H3/b26-23+,33-21-/t22-,27?/m1/s1. The van der Waals surface area contributed by atoms with Gasteiger partial charge in [0, 0.05) is 47.8 Å². The molecule has 1 unspecified atom stereocenters. The number of carbonyl (C=O) groups excluding carboxylic acids is 1. The molecule has 0 saturated heterocycles. The summed E-state index contributed by atoms with van der Waals surface area (Å²) >= 11 is 3.61. The zero-order valence-corrected chi connectivity index (χ0v) is 25.5. The smallest absolute Gasteiger partial charge is 0.255 e. The van der Waals surface area contributed by atoms with Crippen molar-refractivity contribution in [2.75, 3.05) is 32.7 Å². The summed E-state index contributed by atoms with van der Waals surface area (Å²) in [4.78, 5) is 21.8. The zero-order chi connectivity index (χ0) is 28.6. The molecule has 0 radical (unpaired) electrons. The fourth-order valence-electron chi connectivity index (χ4n) is 4.53. The number of rotatable bonds is 17. The van der Waals surface area contributed by atoms with E-state index in [1.807, 2.05) is 48.1 Å². The molecule has 10 heteroatoms. The highest BCUT2D eigenvalue weighted by Crippen LogP contribution is 2.32. The van der Waals surface area contributed by atoms with Gasteiger partial charge in [-0.1, -0.05) is 80.3 Å². The first kappa shape index (κ1) is 32.8. The number of allylic oxidation sites excluding steroid dienone is 6. The van der Waals surface area contributed by atoms with Crippen LogP contribution in [0.1, 0.15) is 66.2 Å². The van der Waals surface area contributed by atoms with Crippen molar-refractivity contribution in [3.63, 3.8) is 0 Å². The second-order valence-electron chi connectivity index (χ2n) is 9.80. The Balaban J connectivity index is 2.28. The molecule has 9 nitrogen and oxygen atoms in total. The van der Waals surface area contributed by atoms with Crippen LogP contribution in [0.3, 0.4) is 0 Å². The highest BCUT2D eigenvalue weighted by Gasteiger charge is 2.33. The third-order valence-corrected chi connectivity index (χ3v) is 7.90. The maximum Gasteiger partial charge on any atom is 0.255 e. The molecule has 218 valence electrons. The summed E-state index contributed by atoms with van der Waals surface area (Å²) in [6.07, 6.45) is 17.3. The van der Waals surface area contributed by atoms with Gasteiger partial charge in [-0.25, -0.2) is 0 Å². The SMILES string of the molecule is CCCCCN(CCNC1=C(C(=O)N(CC)CCCC)C=C(Br)[C@@H](C)C1NO)OC(/C=N\N)=C1\C=CC=CC1. The maximum absolute atomic E-state index is 13.6. The predicted octanol–water partition coefficient (Wildman–Crippen LogP) is 4.89. The van der Waals surface area contributed by atoms with Gasteiger partial charge in [0.15, 0.2) is 5.76 Å². The van der Waals surface area contributed by atoms with Crippen LogP contribution >= 0.6 is 15.9 Å². The molecule has 2 aliphatic carbocycles. The lowest BCUT2D eigenvalue weighted by Gasteiger charge is -2.33. The number of amides is 1. The van der Waals surface area contributed by atoms with Crippen LogP contribution in [0.4, 0.5) is 0 Å². The van der Waals surface area contributed by atoms with Crippen molar-refractivity contribution in [2.45, 2.75) is 72.3 Å². The molecule has 2 atom stereocenters. The van der Waals surface area contributed by atoms with Crippen molar-refractivity contribution in [1.82, 2.24) is 20.8 Å². The lowest BCUT2D eigenvalue weighted by molar-refractivity contribution is -0.126. The zero-order valence-electron chi connectivity index (χ0n) is 24.0. The van der Waals surface area contributed by atoms with Crippen LogP contribution in [0.5, 0.6) is 0 Å². The summed E-state index contributed by atoms with van der Waals surface area (Å²) in [5, 5.41) is 19.2. The molecule has 0 bridgehead atoms. The Bertz CT molecular complexity index is 972. The van der Waals surface area contributed by atoms with Gasteiger partial charge in [-0.15, -0.1) is 5.06 Å². The van der Waals surface area contributed by atoms with E-state index in [4.69, 9.17) is 10.7 Å². The molecule has 0 fully saturated rings. The molecule has 0 heterocycles. The summed E-state index contributed by atoms with van der Waals surface area (Å²) in [7, 11) is 0. The van der Waals surface area contributed by atoms with Crippen molar-refractivity contribution in [1.29, 1.82) is 0 Å². The van der Waals surface area contributed by atoms with Gasteiger partial charge < -0.3 is 26.1 Å². The second-order valence-corrected chi connectivity index (χ2v) is 10.7. The van der Waals surface area contributed by atoms with Crippen molar-refractivity contribution in [3.05, 3.63) is 57.5 Å². The van der Waals surface area contributed by atoms with Gasteiger partial charge >= 0.3 is 0 Å². The minimum Gasteiger partial charge on any atom is -0.404 e. The number of hydrogen-bond donors (Lipinski definition) is 4. The molecule has 0 aliphatic heterocycles. The van der Waals surface area contributed by atoms with Crippen LogP contribution in [-0.2, 0) is 9.63 Å². The van der Waals surface area contributed by atoms with Gasteiger partial charge in [-0.05, 0) is 32.3 Å². The van der Waals surface area contributed by atoms with E-state index >= 15 is 0 Å². The number of halogens is 1. The van der Waals surface area contributed by atoms with Crippen LogP contribution in [0.25, 0.3) is 0 Å². The fraction of sp³-hybridized carbons (Fsp3) is 0.586. The Labute approximate surface area is 242 Å². The third kappa shape index (κ3) is 9.94. The number of nitrogens with zero attached hydrogens (tertiary/aromatic N) is 3. The number of likely N-dealkylation sites (N-methyl/N-ethyl adjacent to an activating group) is 1. The van der Waals surface area contributed by atoms with E-state index in [2.05, 4.69) is 51.8 Å². The molecule has 0 aromatic carbocycles. The summed E-state index contributed by atoms with van der Waals surface area (Å²) in [5.74, 6) is 6.01. The second kappa shape index (κ2) is 18.0. The van der Waals surface area contributed by atoms with E-state index in [9.17, 15) is 10.0 Å². The molecule has 39 heavy (non-hydrogen) atoms. The third-order valence-electron chi connectivity index (χ3n) is 6.94. The van der Waals surface area contributed by atoms with Crippen molar-refractivity contribution in [2.24, 2.45) is 16.9 Å². The van der Waals surface area contributed by atoms with Crippen LogP contribution < -0.4 is 16.6 Å². The van der Waals surface area contributed by atoms with E-state index in [1.165, 1.54) is 0 Å². The quantitative estimate of drug-likeness (QED) is 0.0612. The van der Waals surface area contributed by atoms with Crippen LogP contribution in [0.2, 0.25) is 0 Å². The van der Waals surface area contributed by atoms with Crippen molar-refractivity contribution >= 4 is 28.1 Å². The van der Waals surface area contributed by atoms with Crippen molar-refractivity contribution < 1.29 is 14.8 Å². The summed E-state index contributed by atoms with van der Waals surface area (Å²) in [5.41, 5.74) is 4.67. The number of hydrazone groups is 1. The number of unbranched alkanes of at least 4 members (excludes halogenated alkanes) is 3. The molecule has 0 aromatic rings. The number of hydroxylamine groups is 3. The first-order valence-electron chi connectivity index (χ1n) is 14.2. The molecule has 2 aliphatic rings. The first-order valence-corrected chi connectivity index (χ1v) is 15.0. The predicted molar refractivity (Wildman–Crippen MR) is 162 cm³/mol. The topological polar surface area (TPSA) is 115 Å². The highest BCUT2D eigenvalue weighted by molar-refractivity contribution is 9.11. The molecular weight excluding hydrogens is 560 g/mol. The monoisotopic (exact) mass is 606 g/mol. The lowest BCUT2D eigenvalue weighted by Crippen LogP contribution is -2.46. The van der Waals surface area contributed by atoms with Gasteiger partial charge in [0.1, 0.15) is 0 Å². The van der Waals surface area contributed by atoms with Gasteiger partial charge in [0.05, 0.1) is 24.4 Å². The number of nitrogens with two attached hydrogens (primary N) is 1. The molecule has 2 rings (SSSR count). The molecule has 1 amide bonds. The van der Waals surface area contributed by atoms with Crippen molar-refractivity contribution in [3.8, 4) is 0 Å².